The molecule has 1 aromatic carbocycles. The second kappa shape index (κ2) is 8.44. The van der Waals surface area contributed by atoms with Crippen LogP contribution in [0.25, 0.3) is 0 Å². The Labute approximate surface area is 144 Å². The molecule has 0 aliphatic rings. The molecule has 1 aromatic heterocycles. The molecule has 6 nitrogen and oxygen atoms in total. The highest BCUT2D eigenvalue weighted by Crippen LogP contribution is 2.14. The Hall–Kier alpha value is -2.41. The number of rotatable bonds is 8. The molecule has 0 spiro atoms. The van der Waals surface area contributed by atoms with Crippen LogP contribution in [0.3, 0.4) is 0 Å². The lowest BCUT2D eigenvalue weighted by molar-refractivity contribution is -0.120. The van der Waals surface area contributed by atoms with Crippen LogP contribution in [0.4, 0.5) is 0 Å². The number of aromatic nitrogens is 1. The van der Waals surface area contributed by atoms with Gasteiger partial charge in [-0.25, -0.2) is 9.78 Å². The van der Waals surface area contributed by atoms with Gasteiger partial charge in [0.05, 0.1) is 19.6 Å². The number of amides is 1. The lowest BCUT2D eigenvalue weighted by atomic mass is 10.1. The van der Waals surface area contributed by atoms with Gasteiger partial charge in [-0.2, -0.15) is 0 Å². The van der Waals surface area contributed by atoms with E-state index in [2.05, 4.69) is 24.1 Å². The molecule has 2 rings (SSSR count). The second-order valence-electron chi connectivity index (χ2n) is 5.73. The van der Waals surface area contributed by atoms with Crippen molar-refractivity contribution >= 4 is 23.2 Å². The van der Waals surface area contributed by atoms with Crippen molar-refractivity contribution in [1.29, 1.82) is 0 Å². The minimum Gasteiger partial charge on any atom is -0.493 e. The van der Waals surface area contributed by atoms with Gasteiger partial charge >= 0.3 is 5.97 Å². The van der Waals surface area contributed by atoms with Gasteiger partial charge in [0.1, 0.15) is 10.8 Å². The molecule has 0 atom stereocenters. The van der Waals surface area contributed by atoms with Crippen LogP contribution in [-0.4, -0.2) is 28.6 Å². The SMILES string of the molecule is CC(C)COc1ccc(CC(=O)NCc2nc(C(=O)O)cs2)cc1. The Morgan fingerprint density at radius 2 is 2.00 bits per heavy atom. The van der Waals surface area contributed by atoms with Gasteiger partial charge in [-0.15, -0.1) is 11.3 Å². The molecule has 1 amide bonds. The van der Waals surface area contributed by atoms with Crippen LogP contribution >= 0.6 is 11.3 Å². The molecule has 0 bridgehead atoms. The fourth-order valence-electron chi connectivity index (χ4n) is 1.88. The van der Waals surface area contributed by atoms with E-state index in [4.69, 9.17) is 9.84 Å². The summed E-state index contributed by atoms with van der Waals surface area (Å²) in [6.45, 7) is 5.06. The number of nitrogens with zero attached hydrogens (tertiary/aromatic N) is 1. The highest BCUT2D eigenvalue weighted by Gasteiger charge is 2.10. The van der Waals surface area contributed by atoms with Crippen molar-refractivity contribution < 1.29 is 19.4 Å². The summed E-state index contributed by atoms with van der Waals surface area (Å²) in [6.07, 6.45) is 0.252. The predicted molar refractivity (Wildman–Crippen MR) is 91.4 cm³/mol. The second-order valence-corrected chi connectivity index (χ2v) is 6.68. The summed E-state index contributed by atoms with van der Waals surface area (Å²) < 4.78 is 5.60. The fraction of sp³-hybridized carbons (Fsp3) is 0.353. The standard InChI is InChI=1S/C17H20N2O4S/c1-11(2)9-23-13-5-3-12(4-6-13)7-15(20)18-8-16-19-14(10-24-16)17(21)22/h3-6,10-11H,7-9H2,1-2H3,(H,18,20)(H,21,22). The highest BCUT2D eigenvalue weighted by atomic mass is 32.1. The Balaban J connectivity index is 1.80. The maximum Gasteiger partial charge on any atom is 0.355 e. The van der Waals surface area contributed by atoms with Gasteiger partial charge in [0.15, 0.2) is 5.69 Å². The Kier molecular flexibility index (Phi) is 6.31. The van der Waals surface area contributed by atoms with Crippen LogP contribution in [0.5, 0.6) is 5.75 Å². The molecule has 2 N–H and O–H groups in total. The third kappa shape index (κ3) is 5.66. The first kappa shape index (κ1) is 17.9. The fourth-order valence-corrected chi connectivity index (χ4v) is 2.59. The number of ether oxygens (including phenoxy) is 1. The average molecular weight is 348 g/mol. The summed E-state index contributed by atoms with van der Waals surface area (Å²) >= 11 is 1.21. The third-order valence-electron chi connectivity index (χ3n) is 3.08. The summed E-state index contributed by atoms with van der Waals surface area (Å²) in [5.74, 6) is 0.0429. The van der Waals surface area contributed by atoms with Gasteiger partial charge in [0.2, 0.25) is 5.91 Å². The Bertz CT molecular complexity index is 695. The Morgan fingerprint density at radius 3 is 2.58 bits per heavy atom. The summed E-state index contributed by atoms with van der Waals surface area (Å²) in [7, 11) is 0. The number of nitrogens with one attached hydrogen (secondary N) is 1. The van der Waals surface area contributed by atoms with Crippen molar-refractivity contribution in [2.75, 3.05) is 6.61 Å². The topological polar surface area (TPSA) is 88.5 Å². The Morgan fingerprint density at radius 1 is 1.29 bits per heavy atom. The van der Waals surface area contributed by atoms with Gasteiger partial charge in [-0.3, -0.25) is 4.79 Å². The van der Waals surface area contributed by atoms with Crippen molar-refractivity contribution in [3.63, 3.8) is 0 Å². The molecule has 1 heterocycles. The van der Waals surface area contributed by atoms with E-state index in [1.807, 2.05) is 24.3 Å². The lowest BCUT2D eigenvalue weighted by Crippen LogP contribution is -2.24. The largest absolute Gasteiger partial charge is 0.493 e. The quantitative estimate of drug-likeness (QED) is 0.766. The van der Waals surface area contributed by atoms with E-state index in [1.54, 1.807) is 0 Å². The molecule has 128 valence electrons. The monoisotopic (exact) mass is 348 g/mol. The zero-order chi connectivity index (χ0) is 17.5. The summed E-state index contributed by atoms with van der Waals surface area (Å²) in [5, 5.41) is 13.6. The van der Waals surface area contributed by atoms with E-state index < -0.39 is 5.97 Å². The smallest absolute Gasteiger partial charge is 0.355 e. The van der Waals surface area contributed by atoms with E-state index in [1.165, 1.54) is 16.7 Å². The number of carbonyl (C=O) groups is 2. The van der Waals surface area contributed by atoms with Crippen LogP contribution in [0, 0.1) is 5.92 Å². The van der Waals surface area contributed by atoms with Gasteiger partial charge < -0.3 is 15.2 Å². The molecule has 0 aliphatic carbocycles. The van der Waals surface area contributed by atoms with E-state index in [9.17, 15) is 9.59 Å². The molecule has 7 heteroatoms. The first-order valence-corrected chi connectivity index (χ1v) is 8.48. The third-order valence-corrected chi connectivity index (χ3v) is 3.93. The minimum atomic E-state index is -1.07. The number of aromatic carboxylic acids is 1. The van der Waals surface area contributed by atoms with Crippen molar-refractivity contribution in [2.45, 2.75) is 26.8 Å². The summed E-state index contributed by atoms with van der Waals surface area (Å²) in [6, 6.07) is 7.43. The number of carboxylic acids is 1. The maximum absolute atomic E-state index is 11.9. The summed E-state index contributed by atoms with van der Waals surface area (Å²) in [4.78, 5) is 26.6. The van der Waals surface area contributed by atoms with E-state index >= 15 is 0 Å². The van der Waals surface area contributed by atoms with E-state index in [0.29, 0.717) is 17.5 Å². The first-order chi connectivity index (χ1) is 11.4. The molecule has 24 heavy (non-hydrogen) atoms. The molecule has 0 radical (unpaired) electrons. The van der Waals surface area contributed by atoms with Gasteiger partial charge in [-0.1, -0.05) is 26.0 Å². The van der Waals surface area contributed by atoms with Crippen LogP contribution in [-0.2, 0) is 17.8 Å². The zero-order valence-electron chi connectivity index (χ0n) is 13.6. The normalized spacial score (nSPS) is 10.6. The van der Waals surface area contributed by atoms with E-state index in [0.717, 1.165) is 11.3 Å². The number of hydrogen-bond donors (Lipinski definition) is 2. The highest BCUT2D eigenvalue weighted by molar-refractivity contribution is 7.09. The zero-order valence-corrected chi connectivity index (χ0v) is 14.4. The van der Waals surface area contributed by atoms with Crippen molar-refractivity contribution in [1.82, 2.24) is 10.3 Å². The number of benzene rings is 1. The molecule has 0 aliphatic heterocycles. The van der Waals surface area contributed by atoms with Crippen molar-refractivity contribution in [3.05, 3.63) is 45.9 Å². The minimum absolute atomic E-state index is 0.00114. The molecule has 0 fully saturated rings. The molecular weight excluding hydrogens is 328 g/mol. The molecule has 0 saturated heterocycles. The van der Waals surface area contributed by atoms with Crippen LogP contribution < -0.4 is 10.1 Å². The molecule has 0 saturated carbocycles. The molecular formula is C17H20N2O4S. The van der Waals surface area contributed by atoms with Gasteiger partial charge in [0, 0.05) is 5.38 Å². The van der Waals surface area contributed by atoms with Crippen LogP contribution in [0.15, 0.2) is 29.6 Å². The van der Waals surface area contributed by atoms with Gasteiger partial charge in [-0.05, 0) is 23.6 Å². The van der Waals surface area contributed by atoms with Crippen LogP contribution in [0.2, 0.25) is 0 Å². The molecule has 2 aromatic rings. The number of carbonyl (C=O) groups excluding carboxylic acids is 1. The van der Waals surface area contributed by atoms with Crippen molar-refractivity contribution in [3.8, 4) is 5.75 Å². The number of carboxylic acid groups (broad SMARTS) is 1. The first-order valence-electron chi connectivity index (χ1n) is 7.60. The van der Waals surface area contributed by atoms with Crippen LogP contribution in [0.1, 0.15) is 34.9 Å². The lowest BCUT2D eigenvalue weighted by Gasteiger charge is -2.09. The molecule has 0 unspecified atom stereocenters. The average Bonchev–Trinajstić information content (AvgIpc) is 3.01. The van der Waals surface area contributed by atoms with E-state index in [-0.39, 0.29) is 24.6 Å². The summed E-state index contributed by atoms with van der Waals surface area (Å²) in [5.41, 5.74) is 0.885. The number of thiazole rings is 1. The predicted octanol–water partition coefficient (Wildman–Crippen LogP) is 2.74. The maximum atomic E-state index is 11.9. The van der Waals surface area contributed by atoms with Gasteiger partial charge in [0.25, 0.3) is 0 Å². The number of hydrogen-bond acceptors (Lipinski definition) is 5. The van der Waals surface area contributed by atoms with Crippen molar-refractivity contribution in [2.24, 2.45) is 5.92 Å².